The van der Waals surface area contributed by atoms with E-state index >= 15 is 0 Å². The van der Waals surface area contributed by atoms with Gasteiger partial charge >= 0.3 is 27.3 Å². The van der Waals surface area contributed by atoms with Crippen LogP contribution >= 0.6 is 22.6 Å². The lowest BCUT2D eigenvalue weighted by Gasteiger charge is -2.59. The Bertz CT molecular complexity index is 1260. The van der Waals surface area contributed by atoms with Gasteiger partial charge < -0.3 is 14.2 Å². The number of halogens is 3. The molecule has 2 unspecified atom stereocenters. The quantitative estimate of drug-likeness (QED) is 0.190. The third kappa shape index (κ3) is 5.48. The van der Waals surface area contributed by atoms with Crippen molar-refractivity contribution in [2.75, 3.05) is 6.61 Å². The largest absolute Gasteiger partial charge is 0.486 e. The number of hydrogen-bond donors (Lipinski definition) is 1. The van der Waals surface area contributed by atoms with E-state index in [1.54, 1.807) is 12.1 Å². The van der Waals surface area contributed by atoms with Gasteiger partial charge in [-0.25, -0.2) is 9.59 Å². The molecule has 0 radical (unpaired) electrons. The zero-order valence-corrected chi connectivity index (χ0v) is 25.5. The van der Waals surface area contributed by atoms with Gasteiger partial charge in [0.1, 0.15) is 17.5 Å². The highest BCUT2D eigenvalue weighted by atomic mass is 127. The summed E-state index contributed by atoms with van der Waals surface area (Å²) in [4.78, 5) is 25.1. The summed E-state index contributed by atoms with van der Waals surface area (Å²) in [7, 11) is -5.92. The second kappa shape index (κ2) is 10.6. The van der Waals surface area contributed by atoms with Gasteiger partial charge in [-0.2, -0.15) is 17.2 Å². The van der Waals surface area contributed by atoms with Crippen LogP contribution in [0, 0.1) is 32.7 Å². The van der Waals surface area contributed by atoms with E-state index in [0.717, 1.165) is 42.1 Å². The van der Waals surface area contributed by atoms with Gasteiger partial charge in [0, 0.05) is 5.41 Å². The average molecular weight is 697 g/mol. The van der Waals surface area contributed by atoms with E-state index < -0.39 is 32.7 Å². The fourth-order valence-electron chi connectivity index (χ4n) is 7.81. The summed E-state index contributed by atoms with van der Waals surface area (Å²) >= 11 is 2.22. The van der Waals surface area contributed by atoms with E-state index in [0.29, 0.717) is 36.5 Å². The summed E-state index contributed by atoms with van der Waals surface area (Å²) in [6, 6.07) is 5.36. The number of ether oxygens (including phenoxy) is 3. The normalized spacial score (nSPS) is 30.9. The van der Waals surface area contributed by atoms with Crippen molar-refractivity contribution in [2.45, 2.75) is 88.6 Å². The maximum Gasteiger partial charge on any atom is 0.465 e. The van der Waals surface area contributed by atoms with Gasteiger partial charge in [-0.1, -0.05) is 13.8 Å². The molecule has 8 nitrogen and oxygen atoms in total. The van der Waals surface area contributed by atoms with Crippen LogP contribution in [-0.4, -0.2) is 48.5 Å². The third-order valence-corrected chi connectivity index (χ3v) is 11.3. The molecule has 222 valence electrons. The summed E-state index contributed by atoms with van der Waals surface area (Å²) in [5, 5.41) is -5.02. The van der Waals surface area contributed by atoms with Gasteiger partial charge in [0.25, 0.3) is 0 Å². The number of alkyl halides is 2. The number of hydrogen-bond acceptors (Lipinski definition) is 7. The second-order valence-corrected chi connectivity index (χ2v) is 15.2. The van der Waals surface area contributed by atoms with Gasteiger partial charge in [-0.15, -0.1) is 0 Å². The van der Waals surface area contributed by atoms with Crippen LogP contribution in [0.25, 0.3) is 0 Å². The smallest absolute Gasteiger partial charge is 0.465 e. The van der Waals surface area contributed by atoms with Crippen LogP contribution in [0.3, 0.4) is 0 Å². The fraction of sp³-hybridized carbons (Fsp3) is 0.714. The van der Waals surface area contributed by atoms with Crippen molar-refractivity contribution in [2.24, 2.45) is 29.1 Å². The molecule has 5 aliphatic carbocycles. The number of carbonyl (C=O) groups is 2. The number of benzene rings is 1. The first-order chi connectivity index (χ1) is 18.6. The Kier molecular flexibility index (Phi) is 7.95. The minimum atomic E-state index is -5.92. The van der Waals surface area contributed by atoms with E-state index in [4.69, 9.17) is 18.8 Å². The molecular formula is C28H35F2IO8S. The Labute approximate surface area is 246 Å². The number of esters is 2. The minimum absolute atomic E-state index is 0.0155. The first-order valence-electron chi connectivity index (χ1n) is 13.9. The standard InChI is InChI=1S/C28H35F2IO8S/c1-16(2)27(7-3-4-8-27)39-22-11-18(5-6-21(22)31)24(32)38-23-19-9-17-10-20(23)14-26(12-17,13-19)15-37-25(33)28(29,30)40(34,35)36/h5-6,11,16-17,19-20,23H,3-4,7-10,12-15H2,1-2H3,(H,34,35,36). The highest BCUT2D eigenvalue weighted by molar-refractivity contribution is 14.1. The Hall–Kier alpha value is -1.54. The lowest BCUT2D eigenvalue weighted by molar-refractivity contribution is -0.181. The number of carbonyl (C=O) groups excluding carboxylic acids is 2. The van der Waals surface area contributed by atoms with E-state index in [1.165, 1.54) is 0 Å². The predicted octanol–water partition coefficient (Wildman–Crippen LogP) is 6.01. The molecule has 6 rings (SSSR count). The molecule has 12 heteroatoms. The Balaban J connectivity index is 1.26. The van der Waals surface area contributed by atoms with Crippen molar-refractivity contribution < 1.29 is 45.6 Å². The van der Waals surface area contributed by atoms with Gasteiger partial charge in [0.05, 0.1) is 15.7 Å². The molecule has 40 heavy (non-hydrogen) atoms. The fourth-order valence-corrected chi connectivity index (χ4v) is 8.53. The van der Waals surface area contributed by atoms with Crippen molar-refractivity contribution in [3.05, 3.63) is 27.3 Å². The molecule has 5 saturated carbocycles. The van der Waals surface area contributed by atoms with Crippen molar-refractivity contribution in [1.82, 2.24) is 0 Å². The summed E-state index contributed by atoms with van der Waals surface area (Å²) in [5.74, 6) is -1.44. The maximum absolute atomic E-state index is 13.7. The molecule has 5 fully saturated rings. The summed E-state index contributed by atoms with van der Waals surface area (Å²) < 4.78 is 76.2. The van der Waals surface area contributed by atoms with Gasteiger partial charge in [-0.05, 0) is 122 Å². The topological polar surface area (TPSA) is 116 Å². The second-order valence-electron chi connectivity index (χ2n) is 12.6. The van der Waals surface area contributed by atoms with Crippen LogP contribution in [0.15, 0.2) is 18.2 Å². The van der Waals surface area contributed by atoms with Gasteiger partial charge in [0.2, 0.25) is 0 Å². The zero-order valence-electron chi connectivity index (χ0n) is 22.5. The molecule has 4 bridgehead atoms. The van der Waals surface area contributed by atoms with Gasteiger partial charge in [0.15, 0.2) is 0 Å². The number of rotatable bonds is 9. The highest BCUT2D eigenvalue weighted by Crippen LogP contribution is 2.61. The minimum Gasteiger partial charge on any atom is -0.486 e. The molecule has 0 heterocycles. The van der Waals surface area contributed by atoms with Gasteiger partial charge in [-0.3, -0.25) is 4.55 Å². The molecule has 2 atom stereocenters. The lowest BCUT2D eigenvalue weighted by atomic mass is 9.49. The monoisotopic (exact) mass is 696 g/mol. The van der Waals surface area contributed by atoms with Crippen molar-refractivity contribution in [3.8, 4) is 5.75 Å². The third-order valence-electron chi connectivity index (χ3n) is 9.61. The van der Waals surface area contributed by atoms with E-state index in [1.807, 2.05) is 6.07 Å². The molecule has 1 aromatic rings. The van der Waals surface area contributed by atoms with Crippen molar-refractivity contribution in [1.29, 1.82) is 0 Å². The van der Waals surface area contributed by atoms with E-state index in [9.17, 15) is 26.8 Å². The highest BCUT2D eigenvalue weighted by Gasteiger charge is 2.59. The molecular weight excluding hydrogens is 661 g/mol. The summed E-state index contributed by atoms with van der Waals surface area (Å²) in [6.07, 6.45) is 7.19. The molecule has 0 aromatic heterocycles. The first-order valence-corrected chi connectivity index (χ1v) is 16.4. The molecule has 5 aliphatic rings. The Morgan fingerprint density at radius 2 is 1.75 bits per heavy atom. The summed E-state index contributed by atoms with van der Waals surface area (Å²) in [5.41, 5.74) is -0.412. The SMILES string of the molecule is CC(C)C1(Oc2cc(C(=O)OC3C4CC5CC3CC(COC(=O)C(F)(F)S(=O)(=O)O)(C5)C4)ccc2I)CCCC1. The van der Waals surface area contributed by atoms with Crippen LogP contribution in [0.5, 0.6) is 5.75 Å². The van der Waals surface area contributed by atoms with E-state index in [2.05, 4.69) is 36.4 Å². The zero-order chi connectivity index (χ0) is 29.1. The van der Waals surface area contributed by atoms with Crippen LogP contribution in [-0.2, 0) is 24.4 Å². The molecule has 1 N–H and O–H groups in total. The summed E-state index contributed by atoms with van der Waals surface area (Å²) in [6.45, 7) is 3.96. The maximum atomic E-state index is 13.7. The Morgan fingerprint density at radius 3 is 2.33 bits per heavy atom. The van der Waals surface area contributed by atoms with Crippen molar-refractivity contribution >= 4 is 44.6 Å². The Morgan fingerprint density at radius 1 is 1.12 bits per heavy atom. The average Bonchev–Trinajstić information content (AvgIpc) is 3.35. The molecule has 0 amide bonds. The van der Waals surface area contributed by atoms with Crippen LogP contribution in [0.4, 0.5) is 8.78 Å². The van der Waals surface area contributed by atoms with Crippen molar-refractivity contribution in [3.63, 3.8) is 0 Å². The predicted molar refractivity (Wildman–Crippen MR) is 148 cm³/mol. The lowest BCUT2D eigenvalue weighted by Crippen LogP contribution is -2.56. The first kappa shape index (κ1) is 29.9. The molecule has 0 spiro atoms. The molecule has 0 aliphatic heterocycles. The molecule has 0 saturated heterocycles. The van der Waals surface area contributed by atoms with Crippen LogP contribution < -0.4 is 4.74 Å². The van der Waals surface area contributed by atoms with Crippen LogP contribution in [0.2, 0.25) is 0 Å². The van der Waals surface area contributed by atoms with Crippen LogP contribution in [0.1, 0.15) is 82.0 Å². The van der Waals surface area contributed by atoms with E-state index in [-0.39, 0.29) is 36.1 Å². The molecule has 1 aromatic carbocycles.